The fourth-order valence-corrected chi connectivity index (χ4v) is 11.1. The largest absolute Gasteiger partial charge is 0.454 e. The number of allylic oxidation sites excluding steroid dienone is 5. The molecule has 14 rings (SSSR count). The average Bonchev–Trinajstić information content (AvgIpc) is 3.81. The van der Waals surface area contributed by atoms with Crippen molar-refractivity contribution < 1.29 is 4.74 Å². The molecule has 62 heavy (non-hydrogen) atoms. The molecular formula is C57H36N4O. The van der Waals surface area contributed by atoms with Crippen molar-refractivity contribution in [1.29, 1.82) is 0 Å². The Hall–Kier alpha value is -8.15. The Kier molecular flexibility index (Phi) is 6.76. The second-order valence-electron chi connectivity index (χ2n) is 16.6. The van der Waals surface area contributed by atoms with E-state index in [1.165, 1.54) is 44.7 Å². The summed E-state index contributed by atoms with van der Waals surface area (Å²) < 4.78 is 12.0. The van der Waals surface area contributed by atoms with Crippen LogP contribution in [0.5, 0.6) is 11.5 Å². The molecule has 5 heteroatoms. The monoisotopic (exact) mass is 792 g/mol. The van der Waals surface area contributed by atoms with Crippen molar-refractivity contribution in [2.75, 3.05) is 4.90 Å². The lowest BCUT2D eigenvalue weighted by Gasteiger charge is -2.51. The Morgan fingerprint density at radius 1 is 0.516 bits per heavy atom. The SMILES string of the molecule is C1=CC=C2CC(=C1)c1cccc3c1N2c1ccccc1C31c2ccccc2Oc2c1ccc1c3ccccc3n(-c3ccc(-c4nc5ccccc5n4-c4ccccc4)cc3)c21. The van der Waals surface area contributed by atoms with Gasteiger partial charge in [-0.3, -0.25) is 4.57 Å². The Balaban J connectivity index is 1.05. The fourth-order valence-electron chi connectivity index (χ4n) is 11.1. The lowest BCUT2D eigenvalue weighted by atomic mass is 9.60. The van der Waals surface area contributed by atoms with Gasteiger partial charge in [0.1, 0.15) is 11.6 Å². The van der Waals surface area contributed by atoms with Gasteiger partial charge >= 0.3 is 0 Å². The maximum atomic E-state index is 7.34. The maximum absolute atomic E-state index is 7.34. The minimum atomic E-state index is -0.673. The Morgan fingerprint density at radius 2 is 1.24 bits per heavy atom. The van der Waals surface area contributed by atoms with Crippen molar-refractivity contribution in [1.82, 2.24) is 14.1 Å². The van der Waals surface area contributed by atoms with Gasteiger partial charge in [-0.25, -0.2) is 4.98 Å². The van der Waals surface area contributed by atoms with E-state index in [4.69, 9.17) is 9.72 Å². The molecule has 290 valence electrons. The number of para-hydroxylation sites is 7. The van der Waals surface area contributed by atoms with Gasteiger partial charge in [-0.05, 0) is 89.5 Å². The number of hydrogen-bond acceptors (Lipinski definition) is 3. The van der Waals surface area contributed by atoms with Crippen LogP contribution in [0.4, 0.5) is 11.4 Å². The summed E-state index contributed by atoms with van der Waals surface area (Å²) >= 11 is 0. The molecule has 0 saturated carbocycles. The van der Waals surface area contributed by atoms with E-state index in [2.05, 4.69) is 220 Å². The summed E-state index contributed by atoms with van der Waals surface area (Å²) in [6, 6.07) is 65.9. The van der Waals surface area contributed by atoms with Crippen LogP contribution in [0.1, 0.15) is 34.2 Å². The molecule has 2 bridgehead atoms. The quantitative estimate of drug-likeness (QED) is 0.179. The van der Waals surface area contributed by atoms with Gasteiger partial charge in [0.05, 0.1) is 38.9 Å². The third-order valence-corrected chi connectivity index (χ3v) is 13.6. The van der Waals surface area contributed by atoms with E-state index < -0.39 is 5.41 Å². The second-order valence-corrected chi connectivity index (χ2v) is 16.6. The molecule has 1 unspecified atom stereocenters. The summed E-state index contributed by atoms with van der Waals surface area (Å²) in [5.74, 6) is 2.65. The minimum Gasteiger partial charge on any atom is -0.454 e. The predicted molar refractivity (Wildman–Crippen MR) is 251 cm³/mol. The van der Waals surface area contributed by atoms with Crippen LogP contribution in [0.25, 0.3) is 61.2 Å². The van der Waals surface area contributed by atoms with Crippen LogP contribution in [0.2, 0.25) is 0 Å². The minimum absolute atomic E-state index is 0.673. The number of nitrogens with zero attached hydrogens (tertiary/aromatic N) is 4. The highest BCUT2D eigenvalue weighted by Gasteiger charge is 2.53. The molecule has 2 aromatic heterocycles. The van der Waals surface area contributed by atoms with Crippen LogP contribution in [-0.2, 0) is 5.41 Å². The highest BCUT2D eigenvalue weighted by atomic mass is 16.5. The zero-order valence-corrected chi connectivity index (χ0v) is 33.5. The van der Waals surface area contributed by atoms with Crippen LogP contribution >= 0.6 is 0 Å². The highest BCUT2D eigenvalue weighted by Crippen LogP contribution is 2.65. The van der Waals surface area contributed by atoms with E-state index in [0.717, 1.165) is 79.3 Å². The number of fused-ring (bicyclic) bond motifs is 17. The van der Waals surface area contributed by atoms with Gasteiger partial charge in [-0.2, -0.15) is 0 Å². The molecule has 4 aliphatic rings. The van der Waals surface area contributed by atoms with Gasteiger partial charge in [-0.1, -0.05) is 133 Å². The standard InChI is InChI=1S/C57H36N4O/c1-2-16-38(17-3-1)61-51-27-12-9-24-48(51)58-56(61)36-29-31-39(32-30-36)59-49-25-10-6-19-42(49)43-33-34-47-55(54(43)59)62-52-28-13-8-22-45(52)57(47)44-21-7-11-26-50(44)60-40-18-5-4-15-37(35-40)41-20-14-23-46(57)53(41)60/h1-34H,35H2. The Morgan fingerprint density at radius 3 is 2.15 bits per heavy atom. The van der Waals surface area contributed by atoms with Crippen LogP contribution in [0.15, 0.2) is 212 Å². The average molecular weight is 793 g/mol. The van der Waals surface area contributed by atoms with Gasteiger partial charge in [0, 0.05) is 56.5 Å². The van der Waals surface area contributed by atoms with E-state index in [0.29, 0.717) is 0 Å². The highest BCUT2D eigenvalue weighted by molar-refractivity contribution is 6.12. The van der Waals surface area contributed by atoms with Crippen LogP contribution in [0.3, 0.4) is 0 Å². The molecule has 0 amide bonds. The van der Waals surface area contributed by atoms with Crippen molar-refractivity contribution in [3.63, 3.8) is 0 Å². The zero-order valence-electron chi connectivity index (χ0n) is 33.5. The first kappa shape index (κ1) is 33.7. The van der Waals surface area contributed by atoms with Gasteiger partial charge in [-0.15, -0.1) is 0 Å². The molecule has 5 heterocycles. The van der Waals surface area contributed by atoms with E-state index in [1.807, 2.05) is 0 Å². The van der Waals surface area contributed by atoms with Crippen molar-refractivity contribution in [3.05, 3.63) is 240 Å². The third kappa shape index (κ3) is 4.34. The van der Waals surface area contributed by atoms with Crippen LogP contribution < -0.4 is 9.64 Å². The molecule has 0 radical (unpaired) electrons. The molecule has 8 aromatic carbocycles. The Bertz CT molecular complexity index is 3640. The molecular weight excluding hydrogens is 757 g/mol. The zero-order chi connectivity index (χ0) is 40.5. The van der Waals surface area contributed by atoms with E-state index in [9.17, 15) is 0 Å². The summed E-state index contributed by atoms with van der Waals surface area (Å²) in [4.78, 5) is 7.71. The van der Waals surface area contributed by atoms with Crippen molar-refractivity contribution in [2.45, 2.75) is 11.8 Å². The number of ether oxygens (including phenoxy) is 1. The van der Waals surface area contributed by atoms with Crippen LogP contribution in [-0.4, -0.2) is 14.1 Å². The number of aromatic nitrogens is 3. The fraction of sp³-hybridized carbons (Fsp3) is 0.0351. The van der Waals surface area contributed by atoms with E-state index >= 15 is 0 Å². The van der Waals surface area contributed by atoms with Crippen molar-refractivity contribution in [3.8, 4) is 34.3 Å². The number of imidazole rings is 1. The predicted octanol–water partition coefficient (Wildman–Crippen LogP) is 14.0. The molecule has 1 aliphatic carbocycles. The first-order valence-corrected chi connectivity index (χ1v) is 21.3. The first-order chi connectivity index (χ1) is 30.8. The normalized spacial score (nSPS) is 16.6. The lowest BCUT2D eigenvalue weighted by molar-refractivity contribution is 0.437. The Labute approximate surface area is 358 Å². The number of benzene rings is 8. The molecule has 0 N–H and O–H groups in total. The summed E-state index contributed by atoms with van der Waals surface area (Å²) in [5.41, 5.74) is 17.9. The van der Waals surface area contributed by atoms with E-state index in [1.54, 1.807) is 0 Å². The maximum Gasteiger partial charge on any atom is 0.156 e. The summed E-state index contributed by atoms with van der Waals surface area (Å²) in [6.45, 7) is 0. The first-order valence-electron chi connectivity index (χ1n) is 21.3. The van der Waals surface area contributed by atoms with Gasteiger partial charge in [0.15, 0.2) is 5.75 Å². The van der Waals surface area contributed by atoms with E-state index in [-0.39, 0.29) is 0 Å². The second kappa shape index (κ2) is 12.4. The smallest absolute Gasteiger partial charge is 0.156 e. The van der Waals surface area contributed by atoms with Crippen LogP contribution in [0, 0.1) is 0 Å². The number of rotatable bonds is 3. The number of hydrogen-bond donors (Lipinski definition) is 0. The summed E-state index contributed by atoms with van der Waals surface area (Å²) in [5, 5.41) is 2.33. The lowest BCUT2D eigenvalue weighted by Crippen LogP contribution is -2.41. The van der Waals surface area contributed by atoms with Gasteiger partial charge < -0.3 is 14.2 Å². The summed E-state index contributed by atoms with van der Waals surface area (Å²) in [6.07, 6.45) is 9.82. The third-order valence-electron chi connectivity index (χ3n) is 13.6. The number of anilines is 2. The molecule has 0 fully saturated rings. The van der Waals surface area contributed by atoms with Crippen molar-refractivity contribution >= 4 is 49.8 Å². The molecule has 3 aliphatic heterocycles. The summed E-state index contributed by atoms with van der Waals surface area (Å²) in [7, 11) is 0. The molecule has 0 saturated heterocycles. The van der Waals surface area contributed by atoms with Crippen molar-refractivity contribution in [2.24, 2.45) is 0 Å². The molecule has 5 nitrogen and oxygen atoms in total. The molecule has 1 spiro atoms. The van der Waals surface area contributed by atoms with Gasteiger partial charge in [0.25, 0.3) is 0 Å². The topological polar surface area (TPSA) is 35.2 Å². The molecule has 1 atom stereocenters. The van der Waals surface area contributed by atoms with Gasteiger partial charge in [0.2, 0.25) is 0 Å². The molecule has 10 aromatic rings.